The summed E-state index contributed by atoms with van der Waals surface area (Å²) in [6.07, 6.45) is 0.447. The van der Waals surface area contributed by atoms with E-state index in [1.165, 1.54) is 0 Å². The quantitative estimate of drug-likeness (QED) is 0.0631. The molecule has 0 saturated heterocycles. The lowest BCUT2D eigenvalue weighted by Gasteiger charge is -2.08. The molecule has 0 atom stereocenters. The standard InChI is InChI=1S/C41H53N3O12S/c1-32-38(44-40(56-32)36-13-11-35(12-14-36)39(45)43-30-34-6-3-2-4-7-34)31-57(48,49)37-15-9-33(10-16-37)8-5-18-50-20-22-52-24-26-54-28-29-55-27-25-53-23-21-51-19-17-42-41(46)47/h2-4,6-7,9-16,42H,5,8,17-31H2,1H3,(H,43,45)(H,46,47). The summed E-state index contributed by atoms with van der Waals surface area (Å²) in [5, 5.41) is 13.6. The van der Waals surface area contributed by atoms with Crippen LogP contribution in [0.15, 0.2) is 88.2 Å². The summed E-state index contributed by atoms with van der Waals surface area (Å²) < 4.78 is 65.1. The molecule has 0 aliphatic rings. The lowest BCUT2D eigenvalue weighted by atomic mass is 10.1. The van der Waals surface area contributed by atoms with Crippen LogP contribution in [0.1, 0.15) is 39.4 Å². The minimum atomic E-state index is -3.68. The molecule has 3 aromatic carbocycles. The number of carboxylic acid groups (broad SMARTS) is 1. The molecule has 15 nitrogen and oxygen atoms in total. The number of benzene rings is 3. The molecule has 3 N–H and O–H groups in total. The van der Waals surface area contributed by atoms with E-state index in [0.29, 0.717) is 108 Å². The third kappa shape index (κ3) is 17.6. The molecule has 2 amide bonds. The van der Waals surface area contributed by atoms with Gasteiger partial charge in [-0.25, -0.2) is 18.2 Å². The third-order valence-corrected chi connectivity index (χ3v) is 9.97. The normalized spacial score (nSPS) is 11.5. The lowest BCUT2D eigenvalue weighted by Crippen LogP contribution is -2.25. The largest absolute Gasteiger partial charge is 0.465 e. The molecule has 16 heteroatoms. The zero-order valence-corrected chi connectivity index (χ0v) is 33.1. The van der Waals surface area contributed by atoms with Crippen molar-refractivity contribution in [3.05, 3.63) is 107 Å². The first-order valence-electron chi connectivity index (χ1n) is 18.8. The Kier molecular flexibility index (Phi) is 20.2. The maximum atomic E-state index is 13.3. The number of aryl methyl sites for hydroxylation is 2. The molecule has 0 radical (unpaired) electrons. The van der Waals surface area contributed by atoms with Crippen molar-refractivity contribution in [2.24, 2.45) is 0 Å². The minimum Gasteiger partial charge on any atom is -0.465 e. The van der Waals surface area contributed by atoms with Gasteiger partial charge >= 0.3 is 6.09 Å². The first kappa shape index (κ1) is 45.0. The van der Waals surface area contributed by atoms with Gasteiger partial charge in [0.2, 0.25) is 5.89 Å². The van der Waals surface area contributed by atoms with Crippen LogP contribution in [-0.4, -0.2) is 116 Å². The molecular weight excluding hydrogens is 759 g/mol. The van der Waals surface area contributed by atoms with Crippen molar-refractivity contribution < 1.29 is 56.0 Å². The predicted octanol–water partition coefficient (Wildman–Crippen LogP) is 4.85. The molecular formula is C41H53N3O12S. The van der Waals surface area contributed by atoms with Crippen molar-refractivity contribution >= 4 is 21.8 Å². The monoisotopic (exact) mass is 811 g/mol. The zero-order chi connectivity index (χ0) is 40.6. The molecule has 0 spiro atoms. The molecule has 1 aromatic heterocycles. The Hall–Kier alpha value is -4.68. The van der Waals surface area contributed by atoms with Crippen molar-refractivity contribution in [2.45, 2.75) is 37.0 Å². The number of rotatable bonds is 29. The maximum Gasteiger partial charge on any atom is 0.404 e. The number of aromatic nitrogens is 1. The van der Waals surface area contributed by atoms with Gasteiger partial charge in [-0.05, 0) is 67.3 Å². The van der Waals surface area contributed by atoms with Gasteiger partial charge < -0.3 is 48.6 Å². The maximum absolute atomic E-state index is 13.3. The number of hydrogen-bond acceptors (Lipinski definition) is 12. The fraction of sp³-hybridized carbons (Fsp3) is 0.439. The molecule has 0 saturated carbocycles. The van der Waals surface area contributed by atoms with Crippen molar-refractivity contribution in [2.75, 3.05) is 85.8 Å². The average Bonchev–Trinajstić information content (AvgIpc) is 3.57. The van der Waals surface area contributed by atoms with E-state index in [0.717, 1.165) is 24.0 Å². The molecule has 4 aromatic rings. The second-order valence-electron chi connectivity index (χ2n) is 12.7. The molecule has 4 rings (SSSR count). The highest BCUT2D eigenvalue weighted by molar-refractivity contribution is 7.90. The van der Waals surface area contributed by atoms with Crippen LogP contribution in [-0.2, 0) is 57.0 Å². The number of sulfone groups is 1. The first-order chi connectivity index (χ1) is 27.7. The van der Waals surface area contributed by atoms with Crippen LogP contribution < -0.4 is 10.6 Å². The summed E-state index contributed by atoms with van der Waals surface area (Å²) in [5.74, 6) is 0.204. The number of oxazole rings is 1. The SMILES string of the molecule is Cc1oc(-c2ccc(C(=O)NCc3ccccc3)cc2)nc1CS(=O)(=O)c1ccc(CCCOCCOCCOCCOCCOCCOCCNC(=O)O)cc1. The highest BCUT2D eigenvalue weighted by Crippen LogP contribution is 2.25. The van der Waals surface area contributed by atoms with E-state index in [1.807, 2.05) is 42.5 Å². The van der Waals surface area contributed by atoms with Gasteiger partial charge in [-0.15, -0.1) is 0 Å². The number of carbonyl (C=O) groups excluding carboxylic acids is 1. The third-order valence-electron chi connectivity index (χ3n) is 8.33. The van der Waals surface area contributed by atoms with Gasteiger partial charge in [0.15, 0.2) is 9.84 Å². The van der Waals surface area contributed by atoms with Crippen molar-refractivity contribution in [3.8, 4) is 11.5 Å². The van der Waals surface area contributed by atoms with Gasteiger partial charge in [0, 0.05) is 30.8 Å². The Bertz CT molecular complexity index is 1850. The van der Waals surface area contributed by atoms with Crippen LogP contribution in [0.3, 0.4) is 0 Å². The fourth-order valence-electron chi connectivity index (χ4n) is 5.27. The molecule has 310 valence electrons. The van der Waals surface area contributed by atoms with Crippen LogP contribution in [0.5, 0.6) is 0 Å². The van der Waals surface area contributed by atoms with Gasteiger partial charge in [-0.2, -0.15) is 0 Å². The number of hydrogen-bond donors (Lipinski definition) is 3. The van der Waals surface area contributed by atoms with Crippen LogP contribution in [0, 0.1) is 6.92 Å². The van der Waals surface area contributed by atoms with Gasteiger partial charge in [0.05, 0.1) is 83.3 Å². The van der Waals surface area contributed by atoms with E-state index in [1.54, 1.807) is 43.3 Å². The number of amides is 2. The number of nitrogens with zero attached hydrogens (tertiary/aromatic N) is 1. The molecule has 0 bridgehead atoms. The molecule has 0 unspecified atom stereocenters. The summed E-state index contributed by atoms with van der Waals surface area (Å²) in [5.41, 5.74) is 3.48. The lowest BCUT2D eigenvalue weighted by molar-refractivity contribution is -0.0166. The van der Waals surface area contributed by atoms with Gasteiger partial charge in [-0.1, -0.05) is 42.5 Å². The van der Waals surface area contributed by atoms with Gasteiger partial charge in [0.25, 0.3) is 5.91 Å². The van der Waals surface area contributed by atoms with Crippen LogP contribution in [0.4, 0.5) is 4.79 Å². The summed E-state index contributed by atoms with van der Waals surface area (Å²) in [7, 11) is -3.68. The molecule has 0 aliphatic carbocycles. The molecule has 1 heterocycles. The fourth-order valence-corrected chi connectivity index (χ4v) is 6.61. The Morgan fingerprint density at radius 3 is 1.77 bits per heavy atom. The van der Waals surface area contributed by atoms with E-state index in [2.05, 4.69) is 15.6 Å². The van der Waals surface area contributed by atoms with Crippen molar-refractivity contribution in [3.63, 3.8) is 0 Å². The second kappa shape index (κ2) is 25.5. The van der Waals surface area contributed by atoms with E-state index >= 15 is 0 Å². The average molecular weight is 812 g/mol. The number of nitrogens with one attached hydrogen (secondary N) is 2. The highest BCUT2D eigenvalue weighted by Gasteiger charge is 2.21. The highest BCUT2D eigenvalue weighted by atomic mass is 32.2. The summed E-state index contributed by atoms with van der Waals surface area (Å²) >= 11 is 0. The number of carbonyl (C=O) groups is 2. The van der Waals surface area contributed by atoms with E-state index in [9.17, 15) is 18.0 Å². The van der Waals surface area contributed by atoms with Crippen molar-refractivity contribution in [1.82, 2.24) is 15.6 Å². The van der Waals surface area contributed by atoms with Crippen LogP contribution >= 0.6 is 0 Å². The summed E-state index contributed by atoms with van der Waals surface area (Å²) in [4.78, 5) is 27.6. The van der Waals surface area contributed by atoms with Crippen molar-refractivity contribution in [1.29, 1.82) is 0 Å². The minimum absolute atomic E-state index is 0.202. The van der Waals surface area contributed by atoms with Gasteiger partial charge in [-0.3, -0.25) is 4.79 Å². The van der Waals surface area contributed by atoms with E-state index < -0.39 is 15.9 Å². The Balaban J connectivity index is 1.02. The Morgan fingerprint density at radius 2 is 1.21 bits per heavy atom. The second-order valence-corrected chi connectivity index (χ2v) is 14.7. The topological polar surface area (TPSA) is 194 Å². The summed E-state index contributed by atoms with van der Waals surface area (Å²) in [6.45, 7) is 7.59. The smallest absolute Gasteiger partial charge is 0.404 e. The molecule has 0 fully saturated rings. The van der Waals surface area contributed by atoms with E-state index in [4.69, 9.17) is 37.9 Å². The zero-order valence-electron chi connectivity index (χ0n) is 32.3. The van der Waals surface area contributed by atoms with Crippen LogP contribution in [0.25, 0.3) is 11.5 Å². The predicted molar refractivity (Wildman–Crippen MR) is 211 cm³/mol. The van der Waals surface area contributed by atoms with Gasteiger partial charge in [0.1, 0.15) is 11.5 Å². The Morgan fingerprint density at radius 1 is 0.667 bits per heavy atom. The molecule has 57 heavy (non-hydrogen) atoms. The van der Waals surface area contributed by atoms with E-state index in [-0.39, 0.29) is 29.0 Å². The number of ether oxygens (including phenoxy) is 6. The summed E-state index contributed by atoms with van der Waals surface area (Å²) in [6, 6.07) is 23.4. The Labute approximate surface area is 333 Å². The molecule has 0 aliphatic heterocycles. The van der Waals surface area contributed by atoms with Crippen LogP contribution in [0.2, 0.25) is 0 Å². The first-order valence-corrected chi connectivity index (χ1v) is 20.5.